The molecule has 156 valence electrons. The Hall–Kier alpha value is -3.22. The Morgan fingerprint density at radius 3 is 2.57 bits per heavy atom. The molecule has 30 heavy (non-hydrogen) atoms. The minimum Gasteiger partial charge on any atom is -0.341 e. The lowest BCUT2D eigenvalue weighted by Crippen LogP contribution is -2.34. The molecule has 0 unspecified atom stereocenters. The van der Waals surface area contributed by atoms with Gasteiger partial charge in [0.15, 0.2) is 0 Å². The SMILES string of the molecule is CCc1ccc(Nc2nc(-c3cnc(N4CCC(C)CC4)nc3C)cc(=O)[nH]2)cc1. The lowest BCUT2D eigenvalue weighted by molar-refractivity contribution is 0.434. The highest BCUT2D eigenvalue weighted by Gasteiger charge is 2.19. The lowest BCUT2D eigenvalue weighted by Gasteiger charge is -2.30. The highest BCUT2D eigenvalue weighted by molar-refractivity contribution is 5.64. The quantitative estimate of drug-likeness (QED) is 0.666. The van der Waals surface area contributed by atoms with Crippen LogP contribution in [0, 0.1) is 12.8 Å². The first-order valence-electron chi connectivity index (χ1n) is 10.6. The summed E-state index contributed by atoms with van der Waals surface area (Å²) in [5, 5.41) is 3.18. The number of hydrogen-bond donors (Lipinski definition) is 2. The van der Waals surface area contributed by atoms with Gasteiger partial charge in [0, 0.05) is 36.6 Å². The van der Waals surface area contributed by atoms with Crippen molar-refractivity contribution in [2.75, 3.05) is 23.3 Å². The molecule has 7 nitrogen and oxygen atoms in total. The molecular formula is C23H28N6O. The van der Waals surface area contributed by atoms with Gasteiger partial charge in [-0.3, -0.25) is 9.78 Å². The second-order valence-electron chi connectivity index (χ2n) is 7.99. The fraction of sp³-hybridized carbons (Fsp3) is 0.391. The van der Waals surface area contributed by atoms with Gasteiger partial charge in [0.05, 0.1) is 11.4 Å². The Morgan fingerprint density at radius 1 is 1.17 bits per heavy atom. The zero-order valence-electron chi connectivity index (χ0n) is 17.8. The number of nitrogens with one attached hydrogen (secondary N) is 2. The van der Waals surface area contributed by atoms with E-state index in [1.54, 1.807) is 6.20 Å². The van der Waals surface area contributed by atoms with Gasteiger partial charge in [-0.2, -0.15) is 0 Å². The van der Waals surface area contributed by atoms with E-state index in [1.165, 1.54) is 11.6 Å². The molecule has 7 heteroatoms. The number of rotatable bonds is 5. The van der Waals surface area contributed by atoms with Crippen molar-refractivity contribution in [2.24, 2.45) is 5.92 Å². The molecule has 0 saturated carbocycles. The van der Waals surface area contributed by atoms with Crippen LogP contribution in [0.15, 0.2) is 41.3 Å². The molecule has 0 atom stereocenters. The fourth-order valence-electron chi connectivity index (χ4n) is 3.68. The van der Waals surface area contributed by atoms with E-state index in [1.807, 2.05) is 19.1 Å². The number of benzene rings is 1. The molecule has 1 aliphatic rings. The Kier molecular flexibility index (Phi) is 5.79. The number of hydrogen-bond acceptors (Lipinski definition) is 6. The second-order valence-corrected chi connectivity index (χ2v) is 7.99. The summed E-state index contributed by atoms with van der Waals surface area (Å²) >= 11 is 0. The fourth-order valence-corrected chi connectivity index (χ4v) is 3.68. The standard InChI is InChI=1S/C23H28N6O/c1-4-17-5-7-18(8-6-17)26-22-27-20(13-21(30)28-22)19-14-24-23(25-16(19)3)29-11-9-15(2)10-12-29/h5-8,13-15H,4,9-12H2,1-3H3,(H2,26,27,28,30). The van der Waals surface area contributed by atoms with Gasteiger partial charge < -0.3 is 10.2 Å². The van der Waals surface area contributed by atoms with Crippen LogP contribution in [-0.2, 0) is 6.42 Å². The van der Waals surface area contributed by atoms with Gasteiger partial charge in [0.2, 0.25) is 11.9 Å². The summed E-state index contributed by atoms with van der Waals surface area (Å²) in [6.45, 7) is 8.30. The van der Waals surface area contributed by atoms with E-state index in [4.69, 9.17) is 4.98 Å². The van der Waals surface area contributed by atoms with Crippen molar-refractivity contribution in [3.05, 3.63) is 58.1 Å². The van der Waals surface area contributed by atoms with Crippen LogP contribution in [-0.4, -0.2) is 33.0 Å². The molecule has 0 aliphatic carbocycles. The molecule has 0 radical (unpaired) electrons. The summed E-state index contributed by atoms with van der Waals surface area (Å²) in [7, 11) is 0. The van der Waals surface area contributed by atoms with Crippen molar-refractivity contribution in [1.29, 1.82) is 0 Å². The maximum Gasteiger partial charge on any atom is 0.252 e. The van der Waals surface area contributed by atoms with E-state index in [-0.39, 0.29) is 5.56 Å². The third kappa shape index (κ3) is 4.50. The average molecular weight is 405 g/mol. The summed E-state index contributed by atoms with van der Waals surface area (Å²) in [5.74, 6) is 1.91. The molecule has 0 bridgehead atoms. The van der Waals surface area contributed by atoms with Crippen molar-refractivity contribution in [2.45, 2.75) is 40.0 Å². The second kappa shape index (κ2) is 8.65. The summed E-state index contributed by atoms with van der Waals surface area (Å²) < 4.78 is 0. The average Bonchev–Trinajstić information content (AvgIpc) is 2.74. The van der Waals surface area contributed by atoms with E-state index >= 15 is 0 Å². The zero-order chi connectivity index (χ0) is 21.1. The zero-order valence-corrected chi connectivity index (χ0v) is 17.8. The molecule has 0 amide bonds. The third-order valence-electron chi connectivity index (χ3n) is 5.68. The predicted molar refractivity (Wildman–Crippen MR) is 120 cm³/mol. The van der Waals surface area contributed by atoms with Crippen LogP contribution < -0.4 is 15.8 Å². The monoisotopic (exact) mass is 404 g/mol. The number of aromatic amines is 1. The van der Waals surface area contributed by atoms with Gasteiger partial charge >= 0.3 is 0 Å². The normalized spacial score (nSPS) is 14.7. The van der Waals surface area contributed by atoms with Gasteiger partial charge in [-0.15, -0.1) is 0 Å². The van der Waals surface area contributed by atoms with E-state index in [2.05, 4.69) is 51.1 Å². The van der Waals surface area contributed by atoms with Crippen LogP contribution in [0.4, 0.5) is 17.6 Å². The smallest absolute Gasteiger partial charge is 0.252 e. The summed E-state index contributed by atoms with van der Waals surface area (Å²) in [4.78, 5) is 31.1. The third-order valence-corrected chi connectivity index (χ3v) is 5.68. The number of anilines is 3. The van der Waals surface area contributed by atoms with Crippen LogP contribution in [0.5, 0.6) is 0 Å². The van der Waals surface area contributed by atoms with Gasteiger partial charge in [0.1, 0.15) is 0 Å². The predicted octanol–water partition coefficient (Wildman–Crippen LogP) is 4.08. The number of aromatic nitrogens is 4. The van der Waals surface area contributed by atoms with Crippen molar-refractivity contribution < 1.29 is 0 Å². The van der Waals surface area contributed by atoms with Gasteiger partial charge in [-0.1, -0.05) is 26.0 Å². The molecule has 1 saturated heterocycles. The molecule has 3 aromatic rings. The topological polar surface area (TPSA) is 86.8 Å². The first-order chi connectivity index (χ1) is 14.5. The summed E-state index contributed by atoms with van der Waals surface area (Å²) in [6, 6.07) is 9.56. The van der Waals surface area contributed by atoms with Crippen molar-refractivity contribution >= 4 is 17.6 Å². The molecular weight excluding hydrogens is 376 g/mol. The first-order valence-corrected chi connectivity index (χ1v) is 10.6. The molecule has 4 rings (SSSR count). The van der Waals surface area contributed by atoms with Crippen molar-refractivity contribution in [3.63, 3.8) is 0 Å². The van der Waals surface area contributed by atoms with E-state index < -0.39 is 0 Å². The molecule has 1 fully saturated rings. The Bertz CT molecular complexity index is 1070. The van der Waals surface area contributed by atoms with E-state index in [0.29, 0.717) is 11.6 Å². The van der Waals surface area contributed by atoms with Crippen molar-refractivity contribution in [1.82, 2.24) is 19.9 Å². The highest BCUT2D eigenvalue weighted by atomic mass is 16.1. The van der Waals surface area contributed by atoms with E-state index in [0.717, 1.165) is 61.2 Å². The highest BCUT2D eigenvalue weighted by Crippen LogP contribution is 2.24. The summed E-state index contributed by atoms with van der Waals surface area (Å²) in [5.41, 5.74) is 4.04. The minimum absolute atomic E-state index is 0.221. The Labute approximate surface area is 176 Å². The molecule has 1 aromatic carbocycles. The number of H-pyrrole nitrogens is 1. The molecule has 1 aliphatic heterocycles. The number of piperidine rings is 1. The van der Waals surface area contributed by atoms with Crippen LogP contribution in [0.25, 0.3) is 11.3 Å². The number of aryl methyl sites for hydroxylation is 2. The molecule has 3 heterocycles. The maximum absolute atomic E-state index is 12.2. The van der Waals surface area contributed by atoms with E-state index in [9.17, 15) is 4.79 Å². The molecule has 2 N–H and O–H groups in total. The summed E-state index contributed by atoms with van der Waals surface area (Å²) in [6.07, 6.45) is 5.08. The Morgan fingerprint density at radius 2 is 1.90 bits per heavy atom. The van der Waals surface area contributed by atoms with Crippen LogP contribution in [0.2, 0.25) is 0 Å². The van der Waals surface area contributed by atoms with Crippen LogP contribution in [0.1, 0.15) is 37.9 Å². The Balaban J connectivity index is 1.58. The van der Waals surface area contributed by atoms with Gasteiger partial charge in [-0.25, -0.2) is 15.0 Å². The first kappa shape index (κ1) is 20.1. The lowest BCUT2D eigenvalue weighted by atomic mass is 10.00. The largest absolute Gasteiger partial charge is 0.341 e. The van der Waals surface area contributed by atoms with Gasteiger partial charge in [0.25, 0.3) is 5.56 Å². The van der Waals surface area contributed by atoms with Crippen LogP contribution >= 0.6 is 0 Å². The van der Waals surface area contributed by atoms with Crippen molar-refractivity contribution in [3.8, 4) is 11.3 Å². The molecule has 0 spiro atoms. The minimum atomic E-state index is -0.221. The number of nitrogens with zero attached hydrogens (tertiary/aromatic N) is 4. The van der Waals surface area contributed by atoms with Gasteiger partial charge in [-0.05, 0) is 49.8 Å². The molecule has 2 aromatic heterocycles. The van der Waals surface area contributed by atoms with Crippen LogP contribution in [0.3, 0.4) is 0 Å². The maximum atomic E-state index is 12.2.